The van der Waals surface area contributed by atoms with E-state index in [4.69, 9.17) is 5.11 Å². The average Bonchev–Trinajstić information content (AvgIpc) is 2.33. The lowest BCUT2D eigenvalue weighted by molar-refractivity contribution is 0.0693. The van der Waals surface area contributed by atoms with Crippen LogP contribution in [-0.2, 0) is 0 Å². The Kier molecular flexibility index (Phi) is 3.54. The Labute approximate surface area is 107 Å². The first-order valence-electron chi connectivity index (χ1n) is 5.31. The van der Waals surface area contributed by atoms with Gasteiger partial charge in [-0.1, -0.05) is 0 Å². The number of nitrogens with zero attached hydrogens (tertiary/aromatic N) is 1. The van der Waals surface area contributed by atoms with Gasteiger partial charge in [0.15, 0.2) is 0 Å². The summed E-state index contributed by atoms with van der Waals surface area (Å²) in [6, 6.07) is 3.25. The maximum absolute atomic E-state index is 11.0. The molecule has 5 nitrogen and oxygen atoms in total. The predicted molar refractivity (Wildman–Crippen MR) is 67.8 cm³/mol. The third kappa shape index (κ3) is 2.53. The molecule has 1 fully saturated rings. The van der Waals surface area contributed by atoms with Crippen LogP contribution in [0.2, 0.25) is 0 Å². The summed E-state index contributed by atoms with van der Waals surface area (Å²) < 4.78 is 0.408. The van der Waals surface area contributed by atoms with E-state index in [1.54, 1.807) is 6.07 Å². The molecule has 0 saturated carbocycles. The Hall–Kier alpha value is -1.27. The molecule has 0 aliphatic carbocycles. The van der Waals surface area contributed by atoms with Crippen LogP contribution >= 0.6 is 15.9 Å². The van der Waals surface area contributed by atoms with E-state index < -0.39 is 5.97 Å². The highest BCUT2D eigenvalue weighted by molar-refractivity contribution is 9.10. The van der Waals surface area contributed by atoms with Crippen LogP contribution in [0.5, 0.6) is 5.75 Å². The standard InChI is InChI=1S/C11H13BrN2O3/c12-9-6-7(14-3-1-13-2-4-14)5-8(10(9)15)11(16)17/h5-6,13,15H,1-4H2,(H,16,17). The van der Waals surface area contributed by atoms with E-state index in [-0.39, 0.29) is 11.3 Å². The van der Waals surface area contributed by atoms with E-state index in [2.05, 4.69) is 26.1 Å². The highest BCUT2D eigenvalue weighted by atomic mass is 79.9. The van der Waals surface area contributed by atoms with Gasteiger partial charge in [-0.15, -0.1) is 0 Å². The van der Waals surface area contributed by atoms with Gasteiger partial charge in [-0.3, -0.25) is 0 Å². The van der Waals surface area contributed by atoms with Gasteiger partial charge in [0.1, 0.15) is 11.3 Å². The Morgan fingerprint density at radius 2 is 2.00 bits per heavy atom. The zero-order valence-electron chi connectivity index (χ0n) is 9.11. The number of hydrogen-bond acceptors (Lipinski definition) is 4. The SMILES string of the molecule is O=C(O)c1cc(N2CCNCC2)cc(Br)c1O. The molecule has 3 N–H and O–H groups in total. The minimum absolute atomic E-state index is 0.0760. The van der Waals surface area contributed by atoms with E-state index >= 15 is 0 Å². The van der Waals surface area contributed by atoms with Crippen LogP contribution in [0.25, 0.3) is 0 Å². The van der Waals surface area contributed by atoms with Crippen LogP contribution in [-0.4, -0.2) is 42.4 Å². The van der Waals surface area contributed by atoms with Crippen molar-refractivity contribution in [2.45, 2.75) is 0 Å². The molecule has 2 rings (SSSR count). The Bertz CT molecular complexity index is 445. The fourth-order valence-electron chi connectivity index (χ4n) is 1.85. The second-order valence-corrected chi connectivity index (χ2v) is 4.72. The second kappa shape index (κ2) is 4.93. The second-order valence-electron chi connectivity index (χ2n) is 3.87. The lowest BCUT2D eigenvalue weighted by atomic mass is 10.1. The summed E-state index contributed by atoms with van der Waals surface area (Å²) in [5, 5.41) is 21.9. The molecule has 1 aliphatic rings. The number of halogens is 1. The van der Waals surface area contributed by atoms with Crippen molar-refractivity contribution in [3.63, 3.8) is 0 Å². The van der Waals surface area contributed by atoms with Crippen molar-refractivity contribution in [1.82, 2.24) is 5.32 Å². The molecule has 1 aromatic rings. The van der Waals surface area contributed by atoms with Crippen LogP contribution < -0.4 is 10.2 Å². The first kappa shape index (κ1) is 12.2. The highest BCUT2D eigenvalue weighted by Crippen LogP contribution is 2.33. The van der Waals surface area contributed by atoms with Gasteiger partial charge in [-0.2, -0.15) is 0 Å². The Balaban J connectivity index is 2.37. The molecular formula is C11H13BrN2O3. The average molecular weight is 301 g/mol. The fourth-order valence-corrected chi connectivity index (χ4v) is 2.30. The van der Waals surface area contributed by atoms with Crippen molar-refractivity contribution >= 4 is 27.6 Å². The van der Waals surface area contributed by atoms with Gasteiger partial charge in [0, 0.05) is 31.9 Å². The van der Waals surface area contributed by atoms with Crippen molar-refractivity contribution < 1.29 is 15.0 Å². The maximum atomic E-state index is 11.0. The fraction of sp³-hybridized carbons (Fsp3) is 0.364. The summed E-state index contributed by atoms with van der Waals surface area (Å²) in [5.41, 5.74) is 0.737. The van der Waals surface area contributed by atoms with Crippen molar-refractivity contribution in [1.29, 1.82) is 0 Å². The molecule has 1 aromatic carbocycles. The molecule has 0 unspecified atom stereocenters. The number of nitrogens with one attached hydrogen (secondary N) is 1. The molecule has 92 valence electrons. The summed E-state index contributed by atoms with van der Waals surface area (Å²) in [4.78, 5) is 13.1. The molecule has 0 spiro atoms. The van der Waals surface area contributed by atoms with Crippen molar-refractivity contribution in [3.05, 3.63) is 22.2 Å². The van der Waals surface area contributed by atoms with Crippen molar-refractivity contribution in [3.8, 4) is 5.75 Å². The van der Waals surface area contributed by atoms with Gasteiger partial charge in [0.2, 0.25) is 0 Å². The van der Waals surface area contributed by atoms with Gasteiger partial charge in [0.05, 0.1) is 4.47 Å². The topological polar surface area (TPSA) is 72.8 Å². The van der Waals surface area contributed by atoms with E-state index in [0.717, 1.165) is 31.9 Å². The summed E-state index contributed by atoms with van der Waals surface area (Å²) in [5.74, 6) is -1.35. The molecule has 0 radical (unpaired) electrons. The predicted octanol–water partition coefficient (Wildman–Crippen LogP) is 1.26. The molecule has 6 heteroatoms. The van der Waals surface area contributed by atoms with Crippen LogP contribution in [0, 0.1) is 0 Å². The number of aromatic hydroxyl groups is 1. The lowest BCUT2D eigenvalue weighted by Crippen LogP contribution is -2.43. The number of aromatic carboxylic acids is 1. The van der Waals surface area contributed by atoms with Crippen LogP contribution in [0.4, 0.5) is 5.69 Å². The zero-order chi connectivity index (χ0) is 12.4. The molecule has 1 saturated heterocycles. The van der Waals surface area contributed by atoms with Gasteiger partial charge in [-0.25, -0.2) is 4.79 Å². The molecule has 17 heavy (non-hydrogen) atoms. The number of hydrogen-bond donors (Lipinski definition) is 3. The van der Waals surface area contributed by atoms with Crippen LogP contribution in [0.3, 0.4) is 0 Å². The highest BCUT2D eigenvalue weighted by Gasteiger charge is 2.18. The molecule has 0 aromatic heterocycles. The maximum Gasteiger partial charge on any atom is 0.339 e. The van der Waals surface area contributed by atoms with Crippen molar-refractivity contribution in [2.75, 3.05) is 31.1 Å². The van der Waals surface area contributed by atoms with Crippen LogP contribution in [0.1, 0.15) is 10.4 Å². The Morgan fingerprint density at radius 1 is 1.35 bits per heavy atom. The third-order valence-electron chi connectivity index (χ3n) is 2.76. The summed E-state index contributed by atoms with van der Waals surface area (Å²) in [6.07, 6.45) is 0. The summed E-state index contributed by atoms with van der Waals surface area (Å²) >= 11 is 3.18. The lowest BCUT2D eigenvalue weighted by Gasteiger charge is -2.29. The first-order chi connectivity index (χ1) is 8.09. The molecule has 0 amide bonds. The van der Waals surface area contributed by atoms with E-state index in [0.29, 0.717) is 4.47 Å². The molecule has 0 bridgehead atoms. The smallest absolute Gasteiger partial charge is 0.339 e. The number of rotatable bonds is 2. The minimum Gasteiger partial charge on any atom is -0.506 e. The van der Waals surface area contributed by atoms with Crippen LogP contribution in [0.15, 0.2) is 16.6 Å². The van der Waals surface area contributed by atoms with E-state index in [1.165, 1.54) is 6.07 Å². The number of carboxylic acids is 1. The van der Waals surface area contributed by atoms with Crippen molar-refractivity contribution in [2.24, 2.45) is 0 Å². The largest absolute Gasteiger partial charge is 0.506 e. The summed E-state index contributed by atoms with van der Waals surface area (Å²) in [6.45, 7) is 3.41. The van der Waals surface area contributed by atoms with Gasteiger partial charge < -0.3 is 20.4 Å². The van der Waals surface area contributed by atoms with Gasteiger partial charge in [-0.05, 0) is 28.1 Å². The monoisotopic (exact) mass is 300 g/mol. The number of carbonyl (C=O) groups is 1. The first-order valence-corrected chi connectivity index (χ1v) is 6.10. The number of phenols is 1. The zero-order valence-corrected chi connectivity index (χ0v) is 10.7. The van der Waals surface area contributed by atoms with Gasteiger partial charge >= 0.3 is 5.97 Å². The third-order valence-corrected chi connectivity index (χ3v) is 3.37. The van der Waals surface area contributed by atoms with Gasteiger partial charge in [0.25, 0.3) is 0 Å². The quantitative estimate of drug-likeness (QED) is 0.767. The molecular weight excluding hydrogens is 288 g/mol. The Morgan fingerprint density at radius 3 is 2.59 bits per heavy atom. The number of carboxylic acid groups (broad SMARTS) is 1. The number of benzene rings is 1. The number of piperazine rings is 1. The summed E-state index contributed by atoms with van der Waals surface area (Å²) in [7, 11) is 0. The minimum atomic E-state index is -1.12. The number of anilines is 1. The normalized spacial score (nSPS) is 15.9. The molecule has 1 heterocycles. The van der Waals surface area contributed by atoms with E-state index in [9.17, 15) is 9.90 Å². The molecule has 1 aliphatic heterocycles. The van der Waals surface area contributed by atoms with E-state index in [1.807, 2.05) is 0 Å². The molecule has 0 atom stereocenters.